The second-order valence-corrected chi connectivity index (χ2v) is 8.64. The summed E-state index contributed by atoms with van der Waals surface area (Å²) < 4.78 is 35.2. The third-order valence-electron chi connectivity index (χ3n) is 5.70. The summed E-state index contributed by atoms with van der Waals surface area (Å²) in [7, 11) is -4.44. The third-order valence-corrected chi connectivity index (χ3v) is 6.05. The van der Waals surface area contributed by atoms with Gasteiger partial charge in [0.2, 0.25) is 5.91 Å². The van der Waals surface area contributed by atoms with Gasteiger partial charge in [-0.2, -0.15) is 13.5 Å². The minimum absolute atomic E-state index is 0.142. The molecule has 4 rings (SSSR count). The molecule has 3 aliphatic rings. The molecule has 2 fully saturated rings. The van der Waals surface area contributed by atoms with Crippen molar-refractivity contribution in [2.45, 2.75) is 37.9 Å². The Bertz CT molecular complexity index is 988. The lowest BCUT2D eigenvalue weighted by Crippen LogP contribution is -2.47. The van der Waals surface area contributed by atoms with Gasteiger partial charge in [0.15, 0.2) is 0 Å². The molecule has 1 aromatic rings. The van der Waals surface area contributed by atoms with Gasteiger partial charge in [-0.25, -0.2) is 4.79 Å². The third kappa shape index (κ3) is 4.19. The van der Waals surface area contributed by atoms with Gasteiger partial charge < -0.3 is 19.8 Å². The van der Waals surface area contributed by atoms with Crippen LogP contribution >= 0.6 is 0 Å². The molecular formula is C17H21BN4O7S. The number of hydrogen-bond acceptors (Lipinski definition) is 7. The Morgan fingerprint density at radius 3 is 2.83 bits per heavy atom. The van der Waals surface area contributed by atoms with Crippen molar-refractivity contribution in [1.29, 1.82) is 0 Å². The van der Waals surface area contributed by atoms with Gasteiger partial charge in [-0.05, 0) is 49.1 Å². The van der Waals surface area contributed by atoms with E-state index in [1.807, 2.05) is 16.9 Å². The molecule has 160 valence electrons. The lowest BCUT2D eigenvalue weighted by molar-refractivity contribution is -0.120. The van der Waals surface area contributed by atoms with E-state index >= 15 is 0 Å². The van der Waals surface area contributed by atoms with Crippen molar-refractivity contribution in [3.05, 3.63) is 29.3 Å². The Balaban J connectivity index is 1.43. The predicted octanol–water partition coefficient (Wildman–Crippen LogP) is -0.472. The first-order valence-corrected chi connectivity index (χ1v) is 11.0. The fourth-order valence-corrected chi connectivity index (χ4v) is 4.67. The molecule has 0 aromatic heterocycles. The molecule has 2 bridgehead atoms. The summed E-state index contributed by atoms with van der Waals surface area (Å²) in [5, 5.41) is 3.45. The maximum atomic E-state index is 12.8. The zero-order chi connectivity index (χ0) is 21.5. The molecule has 11 nitrogen and oxygen atoms in total. The van der Waals surface area contributed by atoms with Gasteiger partial charge in [-0.3, -0.25) is 9.35 Å². The molecule has 3 aliphatic heterocycles. The summed E-state index contributed by atoms with van der Waals surface area (Å²) in [6.07, 6.45) is 2.37. The zero-order valence-corrected chi connectivity index (χ0v) is 16.9. The first-order chi connectivity index (χ1) is 14.2. The van der Waals surface area contributed by atoms with Gasteiger partial charge in [0.1, 0.15) is 6.04 Å². The topological polar surface area (TPSA) is 137 Å². The number of rotatable bonds is 6. The van der Waals surface area contributed by atoms with Crippen molar-refractivity contribution in [1.82, 2.24) is 14.8 Å². The van der Waals surface area contributed by atoms with Gasteiger partial charge in [0.05, 0.1) is 12.2 Å². The van der Waals surface area contributed by atoms with Crippen LogP contribution in [0.3, 0.4) is 0 Å². The van der Waals surface area contributed by atoms with Gasteiger partial charge in [-0.15, -0.1) is 4.28 Å². The minimum Gasteiger partial charge on any atom is -0.335 e. The smallest absolute Gasteiger partial charge is 0.335 e. The lowest BCUT2D eigenvalue weighted by Gasteiger charge is -2.30. The van der Waals surface area contributed by atoms with Crippen molar-refractivity contribution >= 4 is 41.6 Å². The largest absolute Gasteiger partial charge is 0.418 e. The Hall–Kier alpha value is -2.48. The summed E-state index contributed by atoms with van der Waals surface area (Å²) >= 11 is 0. The van der Waals surface area contributed by atoms with Crippen molar-refractivity contribution in [3.8, 4) is 0 Å². The van der Waals surface area contributed by atoms with E-state index < -0.39 is 28.5 Å². The molecular weight excluding hydrogens is 415 g/mol. The molecule has 2 N–H and O–H groups in total. The highest BCUT2D eigenvalue weighted by Crippen LogP contribution is 2.31. The van der Waals surface area contributed by atoms with Crippen LogP contribution in [-0.4, -0.2) is 78.5 Å². The zero-order valence-electron chi connectivity index (χ0n) is 16.1. The summed E-state index contributed by atoms with van der Waals surface area (Å²) in [6, 6.07) is 3.53. The molecule has 3 heterocycles. The Labute approximate surface area is 174 Å². The highest BCUT2D eigenvalue weighted by Gasteiger charge is 2.49. The maximum Gasteiger partial charge on any atom is 0.418 e. The van der Waals surface area contributed by atoms with E-state index in [-0.39, 0.29) is 12.5 Å². The predicted molar refractivity (Wildman–Crippen MR) is 106 cm³/mol. The van der Waals surface area contributed by atoms with Crippen LogP contribution in [0.2, 0.25) is 0 Å². The molecule has 1 aromatic carbocycles. The number of urea groups is 1. The molecule has 0 unspecified atom stereocenters. The SMILES string of the molecule is O=CBN1CCc2cc(NC(=O)[C@@H]3CC[C@@H]4CN3C(=O)N4OS(=O)(=O)O)ccc2C1. The average molecular weight is 436 g/mol. The molecule has 13 heteroatoms. The molecule has 2 atom stereocenters. The molecule has 3 amide bonds. The second-order valence-electron chi connectivity index (χ2n) is 7.63. The number of nitrogens with one attached hydrogen (secondary N) is 1. The molecule has 0 spiro atoms. The molecule has 0 saturated carbocycles. The van der Waals surface area contributed by atoms with Crippen LogP contribution in [-0.2, 0) is 37.2 Å². The number of benzene rings is 1. The van der Waals surface area contributed by atoms with E-state index in [9.17, 15) is 22.8 Å². The van der Waals surface area contributed by atoms with Gasteiger partial charge in [0.25, 0.3) is 7.41 Å². The van der Waals surface area contributed by atoms with E-state index in [0.717, 1.165) is 30.3 Å². The Kier molecular flexibility index (Phi) is 5.53. The van der Waals surface area contributed by atoms with Crippen LogP contribution in [0.15, 0.2) is 18.2 Å². The summed E-state index contributed by atoms with van der Waals surface area (Å²) in [6.45, 7) is 1.58. The normalized spacial score (nSPS) is 23.8. The average Bonchev–Trinajstić information content (AvgIpc) is 2.92. The van der Waals surface area contributed by atoms with E-state index in [0.29, 0.717) is 37.6 Å². The van der Waals surface area contributed by atoms with Crippen LogP contribution in [0.5, 0.6) is 0 Å². The molecule has 2 saturated heterocycles. The van der Waals surface area contributed by atoms with Crippen LogP contribution in [0.25, 0.3) is 0 Å². The van der Waals surface area contributed by atoms with Crippen LogP contribution in [0, 0.1) is 0 Å². The summed E-state index contributed by atoms with van der Waals surface area (Å²) in [5.41, 5.74) is 2.82. The number of hydrogen-bond donors (Lipinski definition) is 2. The van der Waals surface area contributed by atoms with Crippen molar-refractivity contribution in [2.24, 2.45) is 0 Å². The summed E-state index contributed by atoms with van der Waals surface area (Å²) in [5.74, 6) is -0.367. The maximum absolute atomic E-state index is 12.8. The Morgan fingerprint density at radius 2 is 2.10 bits per heavy atom. The first-order valence-electron chi connectivity index (χ1n) is 9.60. The van der Waals surface area contributed by atoms with E-state index in [2.05, 4.69) is 9.60 Å². The fraction of sp³-hybridized carbons (Fsp3) is 0.471. The number of piperidine rings is 1. The lowest BCUT2D eigenvalue weighted by atomic mass is 9.88. The van der Waals surface area contributed by atoms with Gasteiger partial charge in [-0.1, -0.05) is 6.07 Å². The van der Waals surface area contributed by atoms with E-state index in [4.69, 9.17) is 4.55 Å². The molecule has 30 heavy (non-hydrogen) atoms. The minimum atomic E-state index is -4.83. The monoisotopic (exact) mass is 436 g/mol. The number of hydroxylamine groups is 2. The van der Waals surface area contributed by atoms with Crippen LogP contribution in [0.4, 0.5) is 10.5 Å². The molecule has 0 radical (unpaired) electrons. The highest BCUT2D eigenvalue weighted by atomic mass is 32.3. The summed E-state index contributed by atoms with van der Waals surface area (Å²) in [4.78, 5) is 39.3. The van der Waals surface area contributed by atoms with Crippen molar-refractivity contribution < 1.29 is 31.6 Å². The number of nitrogens with zero attached hydrogens (tertiary/aromatic N) is 3. The second kappa shape index (κ2) is 7.98. The van der Waals surface area contributed by atoms with E-state index in [1.165, 1.54) is 4.90 Å². The number of fused-ring (bicyclic) bond motifs is 3. The number of carbonyl (C=O) groups is 3. The van der Waals surface area contributed by atoms with Gasteiger partial charge >= 0.3 is 16.4 Å². The Morgan fingerprint density at radius 1 is 1.30 bits per heavy atom. The number of carbonyl (C=O) groups excluding carboxylic acids is 3. The highest BCUT2D eigenvalue weighted by molar-refractivity contribution is 7.80. The van der Waals surface area contributed by atoms with E-state index in [1.54, 1.807) is 6.07 Å². The number of anilines is 1. The van der Waals surface area contributed by atoms with Crippen molar-refractivity contribution in [2.75, 3.05) is 18.4 Å². The van der Waals surface area contributed by atoms with Crippen molar-refractivity contribution in [3.63, 3.8) is 0 Å². The van der Waals surface area contributed by atoms with Crippen LogP contribution in [0.1, 0.15) is 24.0 Å². The van der Waals surface area contributed by atoms with Gasteiger partial charge in [0, 0.05) is 18.8 Å². The number of amides is 3. The standard InChI is InChI=1S/C17H21BN4O7S/c23-10-18-20-6-5-11-7-13(2-1-12(11)8-20)19-16(24)15-4-3-14-9-21(15)17(25)22(14)29-30(26,27)28/h1-2,7,10,14-15,18H,3-6,8-9H2,(H,19,24)(H,26,27,28)/t14-,15+/m1/s1. The molecule has 0 aliphatic carbocycles. The fourth-order valence-electron chi connectivity index (χ4n) is 4.28. The quantitative estimate of drug-likeness (QED) is 0.347. The first kappa shape index (κ1) is 20.8. The van der Waals surface area contributed by atoms with Crippen LogP contribution < -0.4 is 5.32 Å².